The van der Waals surface area contributed by atoms with E-state index in [1.807, 2.05) is 13.0 Å². The first-order chi connectivity index (χ1) is 7.69. The number of ether oxygens (including phenoxy) is 1. The molecule has 5 heteroatoms. The zero-order chi connectivity index (χ0) is 12.0. The molecule has 1 rings (SSSR count). The van der Waals surface area contributed by atoms with Gasteiger partial charge in [0.2, 0.25) is 0 Å². The third-order valence-electron chi connectivity index (χ3n) is 2.34. The minimum absolute atomic E-state index is 0. The smallest absolute Gasteiger partial charge is 0.251 e. The van der Waals surface area contributed by atoms with Crippen molar-refractivity contribution in [2.45, 2.75) is 13.3 Å². The van der Waals surface area contributed by atoms with E-state index in [9.17, 15) is 4.79 Å². The van der Waals surface area contributed by atoms with Gasteiger partial charge >= 0.3 is 0 Å². The Bertz CT molecular complexity index is 370. The Labute approximate surface area is 108 Å². The molecule has 0 unspecified atom stereocenters. The second kappa shape index (κ2) is 7.92. The number of aryl methyl sites for hydroxylation is 1. The number of nitrogens with two attached hydrogens (primary N) is 1. The molecule has 0 heterocycles. The van der Waals surface area contributed by atoms with Crippen LogP contribution in [0.5, 0.6) is 5.75 Å². The molecule has 0 fully saturated rings. The summed E-state index contributed by atoms with van der Waals surface area (Å²) in [5.74, 6) is 0.637. The van der Waals surface area contributed by atoms with Crippen molar-refractivity contribution in [2.75, 3.05) is 20.2 Å². The predicted molar refractivity (Wildman–Crippen MR) is 71.0 cm³/mol. The molecule has 1 aromatic rings. The molecule has 0 saturated carbocycles. The summed E-state index contributed by atoms with van der Waals surface area (Å²) < 4.78 is 5.16. The van der Waals surface area contributed by atoms with Crippen LogP contribution in [0.4, 0.5) is 0 Å². The van der Waals surface area contributed by atoms with Gasteiger partial charge in [0, 0.05) is 12.1 Å². The Kier molecular flexibility index (Phi) is 7.34. The second-order valence-corrected chi connectivity index (χ2v) is 3.58. The number of carbonyl (C=O) groups excluding carboxylic acids is 1. The Balaban J connectivity index is 0.00000256. The quantitative estimate of drug-likeness (QED) is 0.787. The van der Waals surface area contributed by atoms with Gasteiger partial charge < -0.3 is 15.8 Å². The van der Waals surface area contributed by atoms with E-state index < -0.39 is 0 Å². The summed E-state index contributed by atoms with van der Waals surface area (Å²) in [6, 6.07) is 5.40. The lowest BCUT2D eigenvalue weighted by Crippen LogP contribution is -2.25. The number of rotatable bonds is 5. The molecule has 0 radical (unpaired) electrons. The van der Waals surface area contributed by atoms with Crippen molar-refractivity contribution in [3.05, 3.63) is 29.3 Å². The third-order valence-corrected chi connectivity index (χ3v) is 2.34. The van der Waals surface area contributed by atoms with Crippen molar-refractivity contribution in [3.63, 3.8) is 0 Å². The zero-order valence-electron chi connectivity index (χ0n) is 10.2. The van der Waals surface area contributed by atoms with Crippen molar-refractivity contribution in [3.8, 4) is 5.75 Å². The molecule has 0 saturated heterocycles. The molecule has 1 aromatic carbocycles. The topological polar surface area (TPSA) is 64.3 Å². The summed E-state index contributed by atoms with van der Waals surface area (Å²) in [5, 5.41) is 2.80. The highest BCUT2D eigenvalue weighted by Crippen LogP contribution is 2.18. The molecule has 4 nitrogen and oxygen atoms in total. The lowest BCUT2D eigenvalue weighted by molar-refractivity contribution is 0.0953. The lowest BCUT2D eigenvalue weighted by atomic mass is 10.1. The molecule has 1 amide bonds. The average molecular weight is 259 g/mol. The van der Waals surface area contributed by atoms with Crippen LogP contribution in [-0.4, -0.2) is 26.1 Å². The van der Waals surface area contributed by atoms with E-state index >= 15 is 0 Å². The van der Waals surface area contributed by atoms with Crippen LogP contribution in [0.2, 0.25) is 0 Å². The maximum Gasteiger partial charge on any atom is 0.251 e. The summed E-state index contributed by atoms with van der Waals surface area (Å²) >= 11 is 0. The maximum atomic E-state index is 11.7. The first-order valence-electron chi connectivity index (χ1n) is 5.32. The van der Waals surface area contributed by atoms with Gasteiger partial charge in [0.05, 0.1) is 7.11 Å². The van der Waals surface area contributed by atoms with Gasteiger partial charge in [0.25, 0.3) is 5.91 Å². The summed E-state index contributed by atoms with van der Waals surface area (Å²) in [5.41, 5.74) is 6.97. The van der Waals surface area contributed by atoms with E-state index in [0.717, 1.165) is 17.7 Å². The van der Waals surface area contributed by atoms with E-state index in [0.29, 0.717) is 18.7 Å². The predicted octanol–water partition coefficient (Wildman–Crippen LogP) is 1.50. The second-order valence-electron chi connectivity index (χ2n) is 3.58. The van der Waals surface area contributed by atoms with Gasteiger partial charge in [-0.15, -0.1) is 12.4 Å². The average Bonchev–Trinajstić information content (AvgIpc) is 2.30. The molecule has 0 aliphatic rings. The molecular weight excluding hydrogens is 240 g/mol. The Morgan fingerprint density at radius 2 is 2.18 bits per heavy atom. The van der Waals surface area contributed by atoms with Gasteiger partial charge in [-0.05, 0) is 37.6 Å². The molecule has 3 N–H and O–H groups in total. The molecule has 0 spiro atoms. The molecule has 0 atom stereocenters. The van der Waals surface area contributed by atoms with Crippen molar-refractivity contribution < 1.29 is 9.53 Å². The number of carbonyl (C=O) groups is 1. The van der Waals surface area contributed by atoms with Crippen LogP contribution in [0.15, 0.2) is 18.2 Å². The largest absolute Gasteiger partial charge is 0.496 e. The third kappa shape index (κ3) is 4.63. The van der Waals surface area contributed by atoms with Gasteiger partial charge in [0.15, 0.2) is 0 Å². The van der Waals surface area contributed by atoms with Crippen LogP contribution in [0, 0.1) is 6.92 Å². The van der Waals surface area contributed by atoms with Crippen molar-refractivity contribution in [1.82, 2.24) is 5.32 Å². The fourth-order valence-corrected chi connectivity index (χ4v) is 1.37. The molecule has 0 aromatic heterocycles. The van der Waals surface area contributed by atoms with Crippen LogP contribution in [0.25, 0.3) is 0 Å². The van der Waals surface area contributed by atoms with Crippen LogP contribution in [0.3, 0.4) is 0 Å². The van der Waals surface area contributed by atoms with E-state index in [1.165, 1.54) is 0 Å². The number of amides is 1. The zero-order valence-corrected chi connectivity index (χ0v) is 11.0. The van der Waals surface area contributed by atoms with Crippen LogP contribution >= 0.6 is 12.4 Å². The Morgan fingerprint density at radius 3 is 2.76 bits per heavy atom. The number of methoxy groups -OCH3 is 1. The summed E-state index contributed by atoms with van der Waals surface area (Å²) in [6.07, 6.45) is 0.786. The van der Waals surface area contributed by atoms with Gasteiger partial charge in [0.1, 0.15) is 5.75 Å². The summed E-state index contributed by atoms with van der Waals surface area (Å²) in [4.78, 5) is 11.7. The summed E-state index contributed by atoms with van der Waals surface area (Å²) in [6.45, 7) is 3.12. The number of nitrogens with one attached hydrogen (secondary N) is 1. The molecule has 0 aliphatic carbocycles. The molecule has 17 heavy (non-hydrogen) atoms. The maximum absolute atomic E-state index is 11.7. The van der Waals surface area contributed by atoms with Crippen LogP contribution in [-0.2, 0) is 0 Å². The number of benzene rings is 1. The molecular formula is C12H19ClN2O2. The van der Waals surface area contributed by atoms with Crippen LogP contribution < -0.4 is 15.8 Å². The van der Waals surface area contributed by atoms with Gasteiger partial charge in [-0.2, -0.15) is 0 Å². The normalized spacial score (nSPS) is 9.35. The van der Waals surface area contributed by atoms with Gasteiger partial charge in [-0.1, -0.05) is 6.07 Å². The summed E-state index contributed by atoms with van der Waals surface area (Å²) in [7, 11) is 1.60. The lowest BCUT2D eigenvalue weighted by Gasteiger charge is -2.08. The molecule has 0 bridgehead atoms. The fraction of sp³-hybridized carbons (Fsp3) is 0.417. The van der Waals surface area contributed by atoms with E-state index in [-0.39, 0.29) is 18.3 Å². The fourth-order valence-electron chi connectivity index (χ4n) is 1.37. The first kappa shape index (κ1) is 15.7. The van der Waals surface area contributed by atoms with Crippen LogP contribution in [0.1, 0.15) is 22.3 Å². The van der Waals surface area contributed by atoms with Crippen molar-refractivity contribution in [1.29, 1.82) is 0 Å². The highest BCUT2D eigenvalue weighted by molar-refractivity contribution is 5.94. The number of halogens is 1. The monoisotopic (exact) mass is 258 g/mol. The van der Waals surface area contributed by atoms with E-state index in [4.69, 9.17) is 10.5 Å². The van der Waals surface area contributed by atoms with E-state index in [2.05, 4.69) is 5.32 Å². The highest BCUT2D eigenvalue weighted by atomic mass is 35.5. The Hall–Kier alpha value is -1.26. The first-order valence-corrected chi connectivity index (χ1v) is 5.32. The van der Waals surface area contributed by atoms with Crippen molar-refractivity contribution in [2.24, 2.45) is 5.73 Å². The minimum atomic E-state index is -0.0910. The standard InChI is InChI=1S/C12H18N2O2.ClH/c1-9-4-5-10(8-11(9)16-2)12(15)14-7-3-6-13;/h4-5,8H,3,6-7,13H2,1-2H3,(H,14,15);1H. The molecule has 0 aliphatic heterocycles. The Morgan fingerprint density at radius 1 is 1.47 bits per heavy atom. The highest BCUT2D eigenvalue weighted by Gasteiger charge is 2.07. The molecule has 96 valence electrons. The minimum Gasteiger partial charge on any atom is -0.496 e. The van der Waals surface area contributed by atoms with Gasteiger partial charge in [-0.25, -0.2) is 0 Å². The number of hydrogen-bond donors (Lipinski definition) is 2. The van der Waals surface area contributed by atoms with E-state index in [1.54, 1.807) is 19.2 Å². The number of hydrogen-bond acceptors (Lipinski definition) is 3. The van der Waals surface area contributed by atoms with Crippen molar-refractivity contribution >= 4 is 18.3 Å². The van der Waals surface area contributed by atoms with Gasteiger partial charge in [-0.3, -0.25) is 4.79 Å². The SMILES string of the molecule is COc1cc(C(=O)NCCCN)ccc1C.Cl.